The summed E-state index contributed by atoms with van der Waals surface area (Å²) in [6.45, 7) is 9.26. The second kappa shape index (κ2) is 6.69. The largest absolute Gasteiger partial charge is 0.311 e. The molecule has 1 aromatic rings. The summed E-state index contributed by atoms with van der Waals surface area (Å²) >= 11 is 1.91. The molecule has 2 nitrogen and oxygen atoms in total. The molecular weight excluding hydrogens is 240 g/mol. The molecule has 1 aromatic heterocycles. The van der Waals surface area contributed by atoms with Gasteiger partial charge in [0.15, 0.2) is 0 Å². The van der Waals surface area contributed by atoms with Gasteiger partial charge in [-0.05, 0) is 31.2 Å². The van der Waals surface area contributed by atoms with Crippen molar-refractivity contribution in [2.45, 2.75) is 58.2 Å². The van der Waals surface area contributed by atoms with Crippen LogP contribution < -0.4 is 5.32 Å². The molecule has 0 aromatic carbocycles. The lowest BCUT2D eigenvalue weighted by molar-refractivity contribution is 0.0855. The number of nitrogens with one attached hydrogen (secondary N) is 1. The van der Waals surface area contributed by atoms with Crippen molar-refractivity contribution in [2.75, 3.05) is 13.1 Å². The van der Waals surface area contributed by atoms with Crippen molar-refractivity contribution in [3.05, 3.63) is 22.4 Å². The maximum atomic E-state index is 3.65. The Balaban J connectivity index is 2.13. The van der Waals surface area contributed by atoms with Crippen molar-refractivity contribution < 1.29 is 0 Å². The zero-order chi connectivity index (χ0) is 13.0. The lowest BCUT2D eigenvalue weighted by atomic mass is 10.0. The minimum absolute atomic E-state index is 0.626. The predicted molar refractivity (Wildman–Crippen MR) is 80.2 cm³/mol. The van der Waals surface area contributed by atoms with Crippen LogP contribution in [0, 0.1) is 0 Å². The first kappa shape index (κ1) is 14.0. The van der Waals surface area contributed by atoms with Gasteiger partial charge in [0.2, 0.25) is 0 Å². The topological polar surface area (TPSA) is 15.3 Å². The SMILES string of the molecule is CCCC(c1cccs1)N1CC(CC)NCC1C. The summed E-state index contributed by atoms with van der Waals surface area (Å²) in [5, 5.41) is 5.86. The minimum atomic E-state index is 0.626. The average Bonchev–Trinajstić information content (AvgIpc) is 2.91. The molecule has 1 N–H and O–H groups in total. The Morgan fingerprint density at radius 1 is 1.50 bits per heavy atom. The van der Waals surface area contributed by atoms with Crippen molar-refractivity contribution in [3.8, 4) is 0 Å². The molecule has 0 radical (unpaired) electrons. The van der Waals surface area contributed by atoms with Crippen LogP contribution in [0.15, 0.2) is 17.5 Å². The molecule has 1 aliphatic rings. The predicted octanol–water partition coefficient (Wildman–Crippen LogP) is 3.66. The summed E-state index contributed by atoms with van der Waals surface area (Å²) < 4.78 is 0. The fourth-order valence-corrected chi connectivity index (χ4v) is 3.77. The lowest BCUT2D eigenvalue weighted by Crippen LogP contribution is -2.55. The molecule has 18 heavy (non-hydrogen) atoms. The molecule has 1 aliphatic heterocycles. The third-order valence-corrected chi connectivity index (χ3v) is 5.00. The van der Waals surface area contributed by atoms with Gasteiger partial charge in [-0.15, -0.1) is 11.3 Å². The molecule has 102 valence electrons. The zero-order valence-electron chi connectivity index (χ0n) is 11.9. The number of rotatable bonds is 5. The van der Waals surface area contributed by atoms with Crippen LogP contribution in [-0.2, 0) is 0 Å². The highest BCUT2D eigenvalue weighted by Crippen LogP contribution is 2.32. The van der Waals surface area contributed by atoms with E-state index in [1.54, 1.807) is 4.88 Å². The normalized spacial score (nSPS) is 27.3. The highest BCUT2D eigenvalue weighted by atomic mass is 32.1. The van der Waals surface area contributed by atoms with Gasteiger partial charge >= 0.3 is 0 Å². The number of thiophene rings is 1. The first-order valence-corrected chi connectivity index (χ1v) is 8.16. The van der Waals surface area contributed by atoms with Crippen LogP contribution >= 0.6 is 11.3 Å². The Morgan fingerprint density at radius 3 is 2.94 bits per heavy atom. The standard InChI is InChI=1S/C15H26N2S/c1-4-7-14(15-8-6-9-18-15)17-11-13(5-2)16-10-12(17)3/h6,8-9,12-14,16H,4-5,7,10-11H2,1-3H3. The molecule has 0 saturated carbocycles. The van der Waals surface area contributed by atoms with E-state index in [9.17, 15) is 0 Å². The van der Waals surface area contributed by atoms with Crippen molar-refractivity contribution >= 4 is 11.3 Å². The number of nitrogens with zero attached hydrogens (tertiary/aromatic N) is 1. The smallest absolute Gasteiger partial charge is 0.0445 e. The van der Waals surface area contributed by atoms with E-state index in [1.807, 2.05) is 11.3 Å². The van der Waals surface area contributed by atoms with E-state index in [-0.39, 0.29) is 0 Å². The van der Waals surface area contributed by atoms with E-state index in [2.05, 4.69) is 48.5 Å². The Bertz CT molecular complexity index is 336. The third-order valence-electron chi connectivity index (χ3n) is 4.03. The van der Waals surface area contributed by atoms with Crippen LogP contribution in [0.25, 0.3) is 0 Å². The summed E-state index contributed by atoms with van der Waals surface area (Å²) in [5.41, 5.74) is 0. The minimum Gasteiger partial charge on any atom is -0.311 e. The van der Waals surface area contributed by atoms with Gasteiger partial charge in [0, 0.05) is 36.1 Å². The second-order valence-electron chi connectivity index (χ2n) is 5.38. The monoisotopic (exact) mass is 266 g/mol. The summed E-state index contributed by atoms with van der Waals surface area (Å²) in [6, 6.07) is 6.43. The van der Waals surface area contributed by atoms with Gasteiger partial charge in [-0.3, -0.25) is 4.90 Å². The van der Waals surface area contributed by atoms with E-state index in [0.29, 0.717) is 18.1 Å². The van der Waals surface area contributed by atoms with Gasteiger partial charge in [-0.25, -0.2) is 0 Å². The number of hydrogen-bond acceptors (Lipinski definition) is 3. The van der Waals surface area contributed by atoms with Crippen LogP contribution in [0.4, 0.5) is 0 Å². The molecule has 0 amide bonds. The summed E-state index contributed by atoms with van der Waals surface area (Å²) in [4.78, 5) is 4.26. The van der Waals surface area contributed by atoms with Crippen LogP contribution in [-0.4, -0.2) is 30.1 Å². The molecule has 0 aliphatic carbocycles. The van der Waals surface area contributed by atoms with Gasteiger partial charge in [0.05, 0.1) is 0 Å². The van der Waals surface area contributed by atoms with Crippen LogP contribution in [0.3, 0.4) is 0 Å². The lowest BCUT2D eigenvalue weighted by Gasteiger charge is -2.43. The molecule has 1 fully saturated rings. The van der Waals surface area contributed by atoms with E-state index in [0.717, 1.165) is 6.54 Å². The van der Waals surface area contributed by atoms with Crippen LogP contribution in [0.2, 0.25) is 0 Å². The molecule has 1 saturated heterocycles. The molecule has 2 rings (SSSR count). The highest BCUT2D eigenvalue weighted by molar-refractivity contribution is 7.10. The Morgan fingerprint density at radius 2 is 2.33 bits per heavy atom. The van der Waals surface area contributed by atoms with E-state index >= 15 is 0 Å². The van der Waals surface area contributed by atoms with Crippen molar-refractivity contribution in [1.82, 2.24) is 10.2 Å². The molecule has 0 spiro atoms. The molecule has 3 unspecified atom stereocenters. The second-order valence-corrected chi connectivity index (χ2v) is 6.36. The molecule has 3 heteroatoms. The van der Waals surface area contributed by atoms with Gasteiger partial charge in [-0.1, -0.05) is 26.3 Å². The van der Waals surface area contributed by atoms with E-state index in [1.165, 1.54) is 25.8 Å². The van der Waals surface area contributed by atoms with Gasteiger partial charge in [-0.2, -0.15) is 0 Å². The van der Waals surface area contributed by atoms with E-state index < -0.39 is 0 Å². The molecule has 0 bridgehead atoms. The average molecular weight is 266 g/mol. The third kappa shape index (κ3) is 3.14. The molecule has 3 atom stereocenters. The van der Waals surface area contributed by atoms with E-state index in [4.69, 9.17) is 0 Å². The molecular formula is C15H26N2S. The van der Waals surface area contributed by atoms with Crippen molar-refractivity contribution in [3.63, 3.8) is 0 Å². The van der Waals surface area contributed by atoms with Crippen molar-refractivity contribution in [2.24, 2.45) is 0 Å². The zero-order valence-corrected chi connectivity index (χ0v) is 12.7. The number of piperazine rings is 1. The van der Waals surface area contributed by atoms with Crippen LogP contribution in [0.1, 0.15) is 51.0 Å². The quantitative estimate of drug-likeness (QED) is 0.875. The van der Waals surface area contributed by atoms with Crippen molar-refractivity contribution in [1.29, 1.82) is 0 Å². The maximum absolute atomic E-state index is 3.65. The fraction of sp³-hybridized carbons (Fsp3) is 0.733. The van der Waals surface area contributed by atoms with Gasteiger partial charge in [0.1, 0.15) is 0 Å². The summed E-state index contributed by atoms with van der Waals surface area (Å²) in [7, 11) is 0. The summed E-state index contributed by atoms with van der Waals surface area (Å²) in [5.74, 6) is 0. The first-order valence-electron chi connectivity index (χ1n) is 7.28. The number of hydrogen-bond donors (Lipinski definition) is 1. The Labute approximate surface area is 115 Å². The summed E-state index contributed by atoms with van der Waals surface area (Å²) in [6.07, 6.45) is 3.77. The van der Waals surface area contributed by atoms with Gasteiger partial charge in [0.25, 0.3) is 0 Å². The Hall–Kier alpha value is -0.380. The highest BCUT2D eigenvalue weighted by Gasteiger charge is 2.30. The Kier molecular flexibility index (Phi) is 5.22. The molecule has 2 heterocycles. The van der Waals surface area contributed by atoms with Gasteiger partial charge < -0.3 is 5.32 Å². The maximum Gasteiger partial charge on any atom is 0.0445 e. The fourth-order valence-electron chi connectivity index (χ4n) is 2.89. The van der Waals surface area contributed by atoms with Crippen LogP contribution in [0.5, 0.6) is 0 Å². The first-order chi connectivity index (χ1) is 8.76.